The third-order valence-electron chi connectivity index (χ3n) is 13.6. The highest BCUT2D eigenvalue weighted by Gasteiger charge is 2.71. The summed E-state index contributed by atoms with van der Waals surface area (Å²) < 4.78 is 0. The van der Waals surface area contributed by atoms with Crippen LogP contribution < -0.4 is 0 Å². The van der Waals surface area contributed by atoms with Crippen LogP contribution >= 0.6 is 0 Å². The van der Waals surface area contributed by atoms with Crippen molar-refractivity contribution in [3.63, 3.8) is 0 Å². The lowest BCUT2D eigenvalue weighted by atomic mass is 9.33. The molecule has 4 saturated carbocycles. The predicted molar refractivity (Wildman–Crippen MR) is 135 cm³/mol. The lowest BCUT2D eigenvalue weighted by Crippen LogP contribution is -2.68. The number of carboxylic acid groups (broad SMARTS) is 1. The van der Waals surface area contributed by atoms with E-state index in [1.807, 2.05) is 6.92 Å². The number of aliphatic hydroxyl groups excluding tert-OH is 2. The van der Waals surface area contributed by atoms with Gasteiger partial charge in [-0.15, -0.1) is 0 Å². The van der Waals surface area contributed by atoms with Gasteiger partial charge in [-0.3, -0.25) is 4.79 Å². The van der Waals surface area contributed by atoms with Gasteiger partial charge in [0.15, 0.2) is 0 Å². The summed E-state index contributed by atoms with van der Waals surface area (Å²) in [5.41, 5.74) is -1.35. The second-order valence-corrected chi connectivity index (χ2v) is 14.6. The number of fused-ring (bicyclic) bond motifs is 7. The summed E-state index contributed by atoms with van der Waals surface area (Å²) in [5, 5.41) is 43.8. The van der Waals surface area contributed by atoms with Crippen LogP contribution in [0.5, 0.6) is 0 Å². The van der Waals surface area contributed by atoms with Crippen molar-refractivity contribution < 1.29 is 25.2 Å². The normalized spacial score (nSPS) is 57.7. The minimum atomic E-state index is -1.04. The molecule has 2 unspecified atom stereocenters. The van der Waals surface area contributed by atoms with Crippen LogP contribution in [0.2, 0.25) is 0 Å². The highest BCUT2D eigenvalue weighted by molar-refractivity contribution is 5.77. The summed E-state index contributed by atoms with van der Waals surface area (Å²) in [5.74, 6) is -0.356. The Bertz CT molecular complexity index is 941. The fourth-order valence-corrected chi connectivity index (χ4v) is 10.9. The molecular formula is C30H48O5. The van der Waals surface area contributed by atoms with Crippen molar-refractivity contribution in [3.8, 4) is 0 Å². The molecule has 0 aromatic rings. The van der Waals surface area contributed by atoms with Gasteiger partial charge in [-0.1, -0.05) is 46.3 Å². The molecule has 0 aromatic heterocycles. The second-order valence-electron chi connectivity index (χ2n) is 14.6. The monoisotopic (exact) mass is 488 g/mol. The van der Waals surface area contributed by atoms with E-state index in [1.165, 1.54) is 5.57 Å². The number of allylic oxidation sites excluding steroid dienone is 1. The molecule has 198 valence electrons. The van der Waals surface area contributed by atoms with E-state index < -0.39 is 28.5 Å². The number of carbonyl (C=O) groups is 1. The Hall–Kier alpha value is -0.910. The Balaban J connectivity index is 1.64. The minimum absolute atomic E-state index is 0.0115. The maximum atomic E-state index is 12.8. The molecule has 11 atom stereocenters. The van der Waals surface area contributed by atoms with Crippen LogP contribution in [0.1, 0.15) is 99.3 Å². The van der Waals surface area contributed by atoms with Gasteiger partial charge >= 0.3 is 5.97 Å². The zero-order chi connectivity index (χ0) is 25.8. The highest BCUT2D eigenvalue weighted by Crippen LogP contribution is 2.76. The van der Waals surface area contributed by atoms with E-state index >= 15 is 0 Å². The molecule has 5 aliphatic rings. The van der Waals surface area contributed by atoms with Gasteiger partial charge in [0.1, 0.15) is 0 Å². The molecular weight excluding hydrogens is 440 g/mol. The van der Waals surface area contributed by atoms with Crippen molar-refractivity contribution in [2.45, 2.75) is 111 Å². The Morgan fingerprint density at radius 3 is 2.29 bits per heavy atom. The standard InChI is InChI=1S/C30H48O5/c1-18-9-14-30(24(33)34)16-15-27(4)19(23(30)29(18,6)35)7-8-21-25(2)12-11-22(32)26(3,17-31)20(25)10-13-28(21,27)5/h7,18,20-23,31-32,35H,8-17H2,1-6H3,(H,33,34)/t18?,20-,21-,22?,23-,25-,26+,27+,28+,29+,30-/m0/s1. The molecule has 5 rings (SSSR count). The van der Waals surface area contributed by atoms with Crippen LogP contribution in [-0.2, 0) is 4.79 Å². The van der Waals surface area contributed by atoms with Crippen molar-refractivity contribution in [2.24, 2.45) is 50.7 Å². The van der Waals surface area contributed by atoms with Crippen molar-refractivity contribution in [1.82, 2.24) is 0 Å². The van der Waals surface area contributed by atoms with E-state index in [9.17, 15) is 25.2 Å². The molecule has 0 saturated heterocycles. The molecule has 0 amide bonds. The lowest BCUT2D eigenvalue weighted by Gasteiger charge is -2.71. The summed E-state index contributed by atoms with van der Waals surface area (Å²) in [6.45, 7) is 13.3. The van der Waals surface area contributed by atoms with Gasteiger partial charge in [0, 0.05) is 11.3 Å². The molecule has 0 radical (unpaired) electrons. The summed E-state index contributed by atoms with van der Waals surface area (Å²) in [4.78, 5) is 12.8. The first kappa shape index (κ1) is 25.7. The highest BCUT2D eigenvalue weighted by atomic mass is 16.4. The molecule has 4 N–H and O–H groups in total. The van der Waals surface area contributed by atoms with E-state index in [2.05, 4.69) is 40.7 Å². The van der Waals surface area contributed by atoms with E-state index in [0.717, 1.165) is 44.9 Å². The first-order chi connectivity index (χ1) is 16.1. The third-order valence-corrected chi connectivity index (χ3v) is 13.6. The molecule has 5 aliphatic carbocycles. The predicted octanol–water partition coefficient (Wildman–Crippen LogP) is 5.18. The van der Waals surface area contributed by atoms with Crippen LogP contribution in [0.4, 0.5) is 0 Å². The average Bonchev–Trinajstić information content (AvgIpc) is 2.79. The van der Waals surface area contributed by atoms with Crippen molar-refractivity contribution in [1.29, 1.82) is 0 Å². The van der Waals surface area contributed by atoms with E-state index in [-0.39, 0.29) is 40.6 Å². The maximum absolute atomic E-state index is 12.8. The second kappa shape index (κ2) is 7.57. The fourth-order valence-electron chi connectivity index (χ4n) is 10.9. The summed E-state index contributed by atoms with van der Waals surface area (Å²) in [6, 6.07) is 0. The fraction of sp³-hybridized carbons (Fsp3) is 0.900. The Kier molecular flexibility index (Phi) is 5.56. The molecule has 0 aromatic carbocycles. The molecule has 0 spiro atoms. The van der Waals surface area contributed by atoms with Crippen molar-refractivity contribution in [3.05, 3.63) is 11.6 Å². The maximum Gasteiger partial charge on any atom is 0.310 e. The quantitative estimate of drug-likeness (QED) is 0.402. The van der Waals surface area contributed by atoms with Gasteiger partial charge < -0.3 is 20.4 Å². The molecule has 0 bridgehead atoms. The molecule has 35 heavy (non-hydrogen) atoms. The first-order valence-electron chi connectivity index (χ1n) is 14.1. The van der Waals surface area contributed by atoms with E-state index in [4.69, 9.17) is 0 Å². The van der Waals surface area contributed by atoms with Crippen LogP contribution in [-0.4, -0.2) is 44.7 Å². The van der Waals surface area contributed by atoms with Crippen LogP contribution in [0.3, 0.4) is 0 Å². The summed E-state index contributed by atoms with van der Waals surface area (Å²) in [7, 11) is 0. The molecule has 5 nitrogen and oxygen atoms in total. The number of aliphatic hydroxyl groups is 3. The number of carboxylic acids is 1. The Morgan fingerprint density at radius 2 is 1.66 bits per heavy atom. The number of hydrogen-bond acceptors (Lipinski definition) is 4. The largest absolute Gasteiger partial charge is 0.481 e. The minimum Gasteiger partial charge on any atom is -0.481 e. The van der Waals surface area contributed by atoms with E-state index in [1.54, 1.807) is 0 Å². The number of hydrogen-bond donors (Lipinski definition) is 4. The van der Waals surface area contributed by atoms with Crippen molar-refractivity contribution in [2.75, 3.05) is 6.61 Å². The van der Waals surface area contributed by atoms with Gasteiger partial charge in [-0.05, 0) is 98.7 Å². The van der Waals surface area contributed by atoms with Crippen LogP contribution in [0, 0.1) is 50.7 Å². The number of aliphatic carboxylic acids is 1. The van der Waals surface area contributed by atoms with Gasteiger partial charge in [-0.2, -0.15) is 0 Å². The zero-order valence-corrected chi connectivity index (χ0v) is 22.7. The number of rotatable bonds is 2. The zero-order valence-electron chi connectivity index (χ0n) is 22.7. The summed E-state index contributed by atoms with van der Waals surface area (Å²) >= 11 is 0. The molecule has 5 heteroatoms. The third kappa shape index (κ3) is 2.90. The first-order valence-corrected chi connectivity index (χ1v) is 14.1. The van der Waals surface area contributed by atoms with Crippen LogP contribution in [0.25, 0.3) is 0 Å². The lowest BCUT2D eigenvalue weighted by molar-refractivity contribution is -0.225. The molecule has 0 heterocycles. The topological polar surface area (TPSA) is 98.0 Å². The van der Waals surface area contributed by atoms with Gasteiger partial charge in [0.25, 0.3) is 0 Å². The Morgan fingerprint density at radius 1 is 0.971 bits per heavy atom. The molecule has 0 aliphatic heterocycles. The SMILES string of the molecule is CC1CC[C@]2(C(=O)O)CC[C@]3(C)C(=CC[C@H]4[C@@]5(C)CCC(O)[C@](C)(CO)[C@H]5CC[C@]43C)[C@H]2[C@]1(C)O. The average molecular weight is 489 g/mol. The van der Waals surface area contributed by atoms with Crippen LogP contribution in [0.15, 0.2) is 11.6 Å². The van der Waals surface area contributed by atoms with Gasteiger partial charge in [0.05, 0.1) is 23.7 Å². The summed E-state index contributed by atoms with van der Waals surface area (Å²) in [6.07, 6.45) is 9.32. The van der Waals surface area contributed by atoms with Gasteiger partial charge in [0.2, 0.25) is 0 Å². The van der Waals surface area contributed by atoms with Crippen molar-refractivity contribution >= 4 is 5.97 Å². The molecule has 4 fully saturated rings. The van der Waals surface area contributed by atoms with E-state index in [0.29, 0.717) is 18.8 Å². The van der Waals surface area contributed by atoms with Gasteiger partial charge in [-0.25, -0.2) is 0 Å². The Labute approximate surface area is 211 Å². The smallest absolute Gasteiger partial charge is 0.310 e.